The molecule has 1 N–H and O–H groups in total. The topological polar surface area (TPSA) is 82.1 Å². The lowest BCUT2D eigenvalue weighted by molar-refractivity contribution is -0.164. The minimum Gasteiger partial charge on any atom is -0.478 e. The van der Waals surface area contributed by atoms with Crippen LogP contribution in [0.4, 0.5) is 0 Å². The van der Waals surface area contributed by atoms with Crippen molar-refractivity contribution >= 4 is 11.9 Å². The van der Waals surface area contributed by atoms with Crippen LogP contribution in [0.2, 0.25) is 0 Å². The van der Waals surface area contributed by atoms with Crippen LogP contribution in [0.5, 0.6) is 0 Å². The Morgan fingerprint density at radius 1 is 1.04 bits per heavy atom. The van der Waals surface area contributed by atoms with Gasteiger partial charge in [0.15, 0.2) is 6.29 Å². The van der Waals surface area contributed by atoms with E-state index < -0.39 is 18.2 Å². The van der Waals surface area contributed by atoms with Crippen molar-refractivity contribution < 1.29 is 28.9 Å². The first-order valence-electron chi connectivity index (χ1n) is 8.32. The highest BCUT2D eigenvalue weighted by molar-refractivity contribution is 5.94. The number of ether oxygens (including phenoxy) is 3. The molecule has 0 saturated carbocycles. The number of aromatic carboxylic acids is 1. The van der Waals surface area contributed by atoms with E-state index in [1.54, 1.807) is 0 Å². The molecule has 0 aliphatic carbocycles. The fourth-order valence-electron chi connectivity index (χ4n) is 1.87. The number of rotatable bonds is 12. The summed E-state index contributed by atoms with van der Waals surface area (Å²) in [5, 5.41) is 8.96. The molecule has 0 aliphatic heterocycles. The molecule has 0 bridgehead atoms. The van der Waals surface area contributed by atoms with Crippen LogP contribution < -0.4 is 0 Å². The Hall–Kier alpha value is -1.92. The predicted molar refractivity (Wildman–Crippen MR) is 89.2 cm³/mol. The molecule has 1 aromatic carbocycles. The molecule has 0 aliphatic rings. The van der Waals surface area contributed by atoms with Gasteiger partial charge in [0.05, 0.1) is 11.1 Å². The van der Waals surface area contributed by atoms with Crippen LogP contribution in [0.3, 0.4) is 0 Å². The molecule has 134 valence electrons. The van der Waals surface area contributed by atoms with Gasteiger partial charge < -0.3 is 19.3 Å². The smallest absolute Gasteiger partial charge is 0.338 e. The molecule has 24 heavy (non-hydrogen) atoms. The van der Waals surface area contributed by atoms with Crippen LogP contribution in [0.25, 0.3) is 0 Å². The second-order valence-electron chi connectivity index (χ2n) is 5.36. The van der Waals surface area contributed by atoms with Crippen LogP contribution >= 0.6 is 0 Å². The van der Waals surface area contributed by atoms with Gasteiger partial charge in [-0.2, -0.15) is 0 Å². The molecule has 6 heteroatoms. The molecule has 0 saturated heterocycles. The van der Waals surface area contributed by atoms with E-state index >= 15 is 0 Å². The lowest BCUT2D eigenvalue weighted by Crippen LogP contribution is -2.26. The van der Waals surface area contributed by atoms with Crippen molar-refractivity contribution in [3.63, 3.8) is 0 Å². The van der Waals surface area contributed by atoms with Crippen LogP contribution in [-0.4, -0.2) is 43.2 Å². The van der Waals surface area contributed by atoms with Crippen molar-refractivity contribution in [1.82, 2.24) is 0 Å². The molecule has 0 atom stereocenters. The molecule has 0 unspecified atom stereocenters. The predicted octanol–water partition coefficient (Wildman–Crippen LogP) is 3.50. The standard InChI is InChI=1S/C18H26O6/c1-3-5-10-22-16(23-11-6-4-2)13-24-18(21)15-9-7-8-14(12-15)17(19)20/h7-9,12,16H,3-6,10-11,13H2,1-2H3,(H,19,20). The third kappa shape index (κ3) is 7.57. The molecule has 0 heterocycles. The number of carbonyl (C=O) groups excluding carboxylic acids is 1. The SMILES string of the molecule is CCCCOC(COC(=O)c1cccc(C(=O)O)c1)OCCCC. The van der Waals surface area contributed by atoms with Gasteiger partial charge >= 0.3 is 11.9 Å². The Balaban J connectivity index is 2.55. The first kappa shape index (κ1) is 20.1. The molecule has 1 aromatic rings. The summed E-state index contributed by atoms with van der Waals surface area (Å²) in [6.45, 7) is 5.18. The van der Waals surface area contributed by atoms with Gasteiger partial charge in [0.2, 0.25) is 0 Å². The Labute approximate surface area is 142 Å². The molecule has 6 nitrogen and oxygen atoms in total. The summed E-state index contributed by atoms with van der Waals surface area (Å²) in [7, 11) is 0. The van der Waals surface area contributed by atoms with E-state index in [9.17, 15) is 9.59 Å². The summed E-state index contributed by atoms with van der Waals surface area (Å²) in [5.74, 6) is -1.69. The number of carbonyl (C=O) groups is 2. The van der Waals surface area contributed by atoms with Crippen LogP contribution in [0.1, 0.15) is 60.2 Å². The van der Waals surface area contributed by atoms with Crippen molar-refractivity contribution in [3.8, 4) is 0 Å². The van der Waals surface area contributed by atoms with Gasteiger partial charge in [0, 0.05) is 13.2 Å². The number of carboxylic acid groups (broad SMARTS) is 1. The van der Waals surface area contributed by atoms with Crippen molar-refractivity contribution in [2.24, 2.45) is 0 Å². The fourth-order valence-corrected chi connectivity index (χ4v) is 1.87. The van der Waals surface area contributed by atoms with E-state index in [1.165, 1.54) is 24.3 Å². The maximum absolute atomic E-state index is 12.1. The minimum absolute atomic E-state index is 0.0242. The normalized spacial score (nSPS) is 10.8. The van der Waals surface area contributed by atoms with Crippen LogP contribution in [-0.2, 0) is 14.2 Å². The van der Waals surface area contributed by atoms with Crippen molar-refractivity contribution in [3.05, 3.63) is 35.4 Å². The van der Waals surface area contributed by atoms with E-state index in [0.717, 1.165) is 25.7 Å². The summed E-state index contributed by atoms with van der Waals surface area (Å²) in [6, 6.07) is 5.73. The van der Waals surface area contributed by atoms with Crippen molar-refractivity contribution in [2.45, 2.75) is 45.8 Å². The molecular weight excluding hydrogens is 312 g/mol. The van der Waals surface area contributed by atoms with E-state index in [0.29, 0.717) is 13.2 Å². The first-order chi connectivity index (χ1) is 11.6. The quantitative estimate of drug-likeness (QED) is 0.357. The summed E-state index contributed by atoms with van der Waals surface area (Å²) in [6.07, 6.45) is 3.21. The monoisotopic (exact) mass is 338 g/mol. The van der Waals surface area contributed by atoms with Gasteiger partial charge in [-0.3, -0.25) is 0 Å². The lowest BCUT2D eigenvalue weighted by atomic mass is 10.1. The number of hydrogen-bond donors (Lipinski definition) is 1. The largest absolute Gasteiger partial charge is 0.478 e. The molecule has 0 fully saturated rings. The van der Waals surface area contributed by atoms with Crippen LogP contribution in [0.15, 0.2) is 24.3 Å². The van der Waals surface area contributed by atoms with Gasteiger partial charge in [-0.15, -0.1) is 0 Å². The second kappa shape index (κ2) is 11.6. The summed E-state index contributed by atoms with van der Waals surface area (Å²) in [4.78, 5) is 23.0. The van der Waals surface area contributed by atoms with Gasteiger partial charge in [0.25, 0.3) is 0 Å². The summed E-state index contributed by atoms with van der Waals surface area (Å²) < 4.78 is 16.4. The third-order valence-electron chi connectivity index (χ3n) is 3.30. The second-order valence-corrected chi connectivity index (χ2v) is 5.36. The maximum atomic E-state index is 12.1. The zero-order chi connectivity index (χ0) is 17.8. The zero-order valence-corrected chi connectivity index (χ0v) is 14.3. The van der Waals surface area contributed by atoms with Crippen LogP contribution in [0, 0.1) is 0 Å². The highest BCUT2D eigenvalue weighted by Crippen LogP contribution is 2.09. The van der Waals surface area contributed by atoms with Crippen molar-refractivity contribution in [1.29, 1.82) is 0 Å². The van der Waals surface area contributed by atoms with Gasteiger partial charge in [-0.1, -0.05) is 32.8 Å². The average Bonchev–Trinajstić information content (AvgIpc) is 2.59. The first-order valence-corrected chi connectivity index (χ1v) is 8.32. The van der Waals surface area contributed by atoms with Gasteiger partial charge in [-0.05, 0) is 31.0 Å². The Morgan fingerprint density at radius 2 is 1.62 bits per heavy atom. The summed E-state index contributed by atoms with van der Waals surface area (Å²) >= 11 is 0. The molecular formula is C18H26O6. The fraction of sp³-hybridized carbons (Fsp3) is 0.556. The number of hydrogen-bond acceptors (Lipinski definition) is 5. The Morgan fingerprint density at radius 3 is 2.17 bits per heavy atom. The molecule has 0 radical (unpaired) electrons. The van der Waals surface area contributed by atoms with E-state index in [4.69, 9.17) is 19.3 Å². The van der Waals surface area contributed by atoms with Gasteiger partial charge in [-0.25, -0.2) is 9.59 Å². The molecule has 0 aromatic heterocycles. The maximum Gasteiger partial charge on any atom is 0.338 e. The summed E-state index contributed by atoms with van der Waals surface area (Å²) in [5.41, 5.74) is 0.232. The minimum atomic E-state index is -1.09. The third-order valence-corrected chi connectivity index (χ3v) is 3.30. The lowest BCUT2D eigenvalue weighted by Gasteiger charge is -2.18. The van der Waals surface area contributed by atoms with E-state index in [-0.39, 0.29) is 17.7 Å². The van der Waals surface area contributed by atoms with E-state index in [2.05, 4.69) is 13.8 Å². The van der Waals surface area contributed by atoms with Crippen molar-refractivity contribution in [2.75, 3.05) is 19.8 Å². The van der Waals surface area contributed by atoms with E-state index in [1.807, 2.05) is 0 Å². The zero-order valence-electron chi connectivity index (χ0n) is 14.3. The molecule has 1 rings (SSSR count). The molecule has 0 amide bonds. The number of carboxylic acids is 1. The highest BCUT2D eigenvalue weighted by atomic mass is 16.7. The molecule has 0 spiro atoms. The van der Waals surface area contributed by atoms with Gasteiger partial charge in [0.1, 0.15) is 6.61 Å². The number of unbranched alkanes of at least 4 members (excludes halogenated alkanes) is 2. The highest BCUT2D eigenvalue weighted by Gasteiger charge is 2.15. The number of benzene rings is 1. The Bertz CT molecular complexity index is 504. The average molecular weight is 338 g/mol. The Kier molecular flexibility index (Phi) is 9.72. The number of esters is 1.